The molecule has 0 spiro atoms. The van der Waals surface area contributed by atoms with Crippen LogP contribution in [0.4, 0.5) is 0 Å². The second-order valence-corrected chi connectivity index (χ2v) is 2.01. The molecule has 0 amide bonds. The summed E-state index contributed by atoms with van der Waals surface area (Å²) in [5, 5.41) is 7.00. The Morgan fingerprint density at radius 3 is 1.54 bits per heavy atom. The van der Waals surface area contributed by atoms with Crippen LogP contribution in [0.15, 0.2) is 0 Å². The molecule has 0 rings (SSSR count). The van der Waals surface area contributed by atoms with Crippen LogP contribution < -0.4 is 0 Å². The van der Waals surface area contributed by atoms with Gasteiger partial charge in [-0.3, -0.25) is 9.59 Å². The van der Waals surface area contributed by atoms with Gasteiger partial charge in [-0.2, -0.15) is 0 Å². The van der Waals surface area contributed by atoms with Gasteiger partial charge in [-0.25, -0.2) is 0 Å². The van der Waals surface area contributed by atoms with Gasteiger partial charge in [0.05, 0.1) is 14.2 Å². The van der Waals surface area contributed by atoms with Crippen molar-refractivity contribution < 1.29 is 24.2 Å². The largest absolute Gasteiger partial charge is 0.469 e. The lowest BCUT2D eigenvalue weighted by Crippen LogP contribution is -2.04. The fourth-order valence-electron chi connectivity index (χ4n) is 0.581. The summed E-state index contributed by atoms with van der Waals surface area (Å²) < 4.78 is 8.75. The van der Waals surface area contributed by atoms with E-state index >= 15 is 0 Å². The van der Waals surface area contributed by atoms with E-state index in [4.69, 9.17) is 5.11 Å². The number of esters is 2. The Bertz CT molecular complexity index is 127. The molecule has 5 nitrogen and oxygen atoms in total. The van der Waals surface area contributed by atoms with Crippen LogP contribution in [-0.2, 0) is 19.1 Å². The average Bonchev–Trinajstić information content (AvgIpc) is 2.20. The van der Waals surface area contributed by atoms with Crippen molar-refractivity contribution in [1.29, 1.82) is 0 Å². The van der Waals surface area contributed by atoms with Crippen LogP contribution in [0, 0.1) is 0 Å². The van der Waals surface area contributed by atoms with Gasteiger partial charge >= 0.3 is 11.9 Å². The van der Waals surface area contributed by atoms with Crippen molar-refractivity contribution in [2.45, 2.75) is 19.3 Å². The molecule has 78 valence electrons. The zero-order valence-electron chi connectivity index (χ0n) is 8.20. The van der Waals surface area contributed by atoms with E-state index in [1.54, 1.807) is 0 Å². The molecule has 0 bridgehead atoms. The Labute approximate surface area is 77.6 Å². The molecule has 5 heteroatoms. The number of carbonyl (C=O) groups excluding carboxylic acids is 2. The molecule has 0 saturated carbocycles. The van der Waals surface area contributed by atoms with Crippen LogP contribution in [0.1, 0.15) is 19.3 Å². The molecule has 0 aliphatic carbocycles. The minimum absolute atomic E-state index is 0.269. The number of methoxy groups -OCH3 is 2. The Hall–Kier alpha value is -1.10. The summed E-state index contributed by atoms with van der Waals surface area (Å²) in [6, 6.07) is 0. The lowest BCUT2D eigenvalue weighted by Gasteiger charge is -1.97. The highest BCUT2D eigenvalue weighted by Crippen LogP contribution is 1.97. The van der Waals surface area contributed by atoms with E-state index in [0.717, 1.165) is 7.11 Å². The van der Waals surface area contributed by atoms with E-state index in [1.807, 2.05) is 0 Å². The van der Waals surface area contributed by atoms with Crippen molar-refractivity contribution in [3.63, 3.8) is 0 Å². The predicted molar refractivity (Wildman–Crippen MR) is 46.0 cm³/mol. The second-order valence-electron chi connectivity index (χ2n) is 2.01. The molecule has 0 aliphatic heterocycles. The van der Waals surface area contributed by atoms with Crippen LogP contribution in [0.25, 0.3) is 0 Å². The molecule has 0 aromatic rings. The van der Waals surface area contributed by atoms with Crippen molar-refractivity contribution in [3.8, 4) is 0 Å². The summed E-state index contributed by atoms with van der Waals surface area (Å²) in [7, 11) is 3.64. The summed E-state index contributed by atoms with van der Waals surface area (Å²) in [6.45, 7) is 0. The standard InChI is InChI=1S/C7H12O4.CH4O/c1-10-6(8)4-3-5-7(9)11-2;1-2/h3-5H2,1-2H3;2H,1H3. The average molecular weight is 192 g/mol. The number of ether oxygens (including phenoxy) is 2. The minimum atomic E-state index is -0.297. The summed E-state index contributed by atoms with van der Waals surface area (Å²) in [5.74, 6) is -0.595. The smallest absolute Gasteiger partial charge is 0.305 e. The molecule has 0 aromatic carbocycles. The van der Waals surface area contributed by atoms with Gasteiger partial charge < -0.3 is 14.6 Å². The first-order chi connectivity index (χ1) is 6.20. The van der Waals surface area contributed by atoms with Gasteiger partial charge in [-0.05, 0) is 6.42 Å². The second kappa shape index (κ2) is 10.9. The van der Waals surface area contributed by atoms with Crippen LogP contribution in [0.3, 0.4) is 0 Å². The highest BCUT2D eigenvalue weighted by molar-refractivity contribution is 5.72. The Kier molecular flexibility index (Phi) is 12.1. The van der Waals surface area contributed by atoms with Gasteiger partial charge in [0, 0.05) is 20.0 Å². The lowest BCUT2D eigenvalue weighted by molar-refractivity contribution is -0.142. The van der Waals surface area contributed by atoms with Gasteiger partial charge in [0.25, 0.3) is 0 Å². The summed E-state index contributed by atoms with van der Waals surface area (Å²) in [5.41, 5.74) is 0. The first-order valence-corrected chi connectivity index (χ1v) is 3.79. The quantitative estimate of drug-likeness (QED) is 0.640. The fourth-order valence-corrected chi connectivity index (χ4v) is 0.581. The molecule has 0 unspecified atom stereocenters. The van der Waals surface area contributed by atoms with Crippen molar-refractivity contribution in [1.82, 2.24) is 0 Å². The third-order valence-corrected chi connectivity index (χ3v) is 1.22. The first-order valence-electron chi connectivity index (χ1n) is 3.79. The number of hydrogen-bond donors (Lipinski definition) is 1. The monoisotopic (exact) mass is 192 g/mol. The normalized spacial score (nSPS) is 8.00. The van der Waals surface area contributed by atoms with E-state index in [-0.39, 0.29) is 24.8 Å². The zero-order valence-corrected chi connectivity index (χ0v) is 8.20. The lowest BCUT2D eigenvalue weighted by atomic mass is 10.2. The third kappa shape index (κ3) is 10.9. The van der Waals surface area contributed by atoms with Crippen LogP contribution in [0.5, 0.6) is 0 Å². The molecule has 0 fully saturated rings. The number of aliphatic hydroxyl groups is 1. The van der Waals surface area contributed by atoms with Crippen molar-refractivity contribution in [2.75, 3.05) is 21.3 Å². The molecular formula is C8H16O5. The molecule has 0 aliphatic rings. The highest BCUT2D eigenvalue weighted by Gasteiger charge is 2.03. The molecule has 1 N–H and O–H groups in total. The maximum Gasteiger partial charge on any atom is 0.305 e. The molecular weight excluding hydrogens is 176 g/mol. The molecule has 0 heterocycles. The number of carbonyl (C=O) groups is 2. The zero-order chi connectivity index (χ0) is 10.7. The Morgan fingerprint density at radius 1 is 1.00 bits per heavy atom. The van der Waals surface area contributed by atoms with E-state index in [0.29, 0.717) is 6.42 Å². The molecule has 0 aromatic heterocycles. The van der Waals surface area contributed by atoms with Crippen LogP contribution in [0.2, 0.25) is 0 Å². The minimum Gasteiger partial charge on any atom is -0.469 e. The summed E-state index contributed by atoms with van der Waals surface area (Å²) in [4.78, 5) is 21.0. The predicted octanol–water partition coefficient (Wildman–Crippen LogP) is 0.111. The first kappa shape index (κ1) is 14.4. The van der Waals surface area contributed by atoms with Gasteiger partial charge in [-0.1, -0.05) is 0 Å². The SMILES string of the molecule is CO.COC(=O)CCCC(=O)OC. The molecule has 0 atom stereocenters. The van der Waals surface area contributed by atoms with E-state index in [1.165, 1.54) is 14.2 Å². The summed E-state index contributed by atoms with van der Waals surface area (Å²) in [6.07, 6.45) is 1.02. The van der Waals surface area contributed by atoms with Crippen molar-refractivity contribution in [3.05, 3.63) is 0 Å². The number of aliphatic hydroxyl groups excluding tert-OH is 1. The fraction of sp³-hybridized carbons (Fsp3) is 0.750. The van der Waals surface area contributed by atoms with Crippen LogP contribution >= 0.6 is 0 Å². The van der Waals surface area contributed by atoms with E-state index in [2.05, 4.69) is 9.47 Å². The highest BCUT2D eigenvalue weighted by atomic mass is 16.5. The topological polar surface area (TPSA) is 72.8 Å². The van der Waals surface area contributed by atoms with Gasteiger partial charge in [-0.15, -0.1) is 0 Å². The maximum atomic E-state index is 10.5. The van der Waals surface area contributed by atoms with Gasteiger partial charge in [0.1, 0.15) is 0 Å². The molecule has 0 saturated heterocycles. The number of hydrogen-bond acceptors (Lipinski definition) is 5. The van der Waals surface area contributed by atoms with Crippen molar-refractivity contribution >= 4 is 11.9 Å². The Balaban J connectivity index is 0. The maximum absolute atomic E-state index is 10.5. The number of rotatable bonds is 4. The van der Waals surface area contributed by atoms with E-state index in [9.17, 15) is 9.59 Å². The van der Waals surface area contributed by atoms with Gasteiger partial charge in [0.2, 0.25) is 0 Å². The molecule has 13 heavy (non-hydrogen) atoms. The third-order valence-electron chi connectivity index (χ3n) is 1.22. The van der Waals surface area contributed by atoms with E-state index < -0.39 is 0 Å². The van der Waals surface area contributed by atoms with Gasteiger partial charge in [0.15, 0.2) is 0 Å². The van der Waals surface area contributed by atoms with Crippen LogP contribution in [-0.4, -0.2) is 38.4 Å². The molecule has 0 radical (unpaired) electrons. The Morgan fingerprint density at radius 2 is 1.31 bits per heavy atom. The van der Waals surface area contributed by atoms with Crippen molar-refractivity contribution in [2.24, 2.45) is 0 Å². The summed E-state index contributed by atoms with van der Waals surface area (Å²) >= 11 is 0.